The summed E-state index contributed by atoms with van der Waals surface area (Å²) in [4.78, 5) is 37.9. The largest absolute Gasteiger partial charge is 0.462 e. The maximum absolute atomic E-state index is 12.8. The van der Waals surface area contributed by atoms with Gasteiger partial charge in [-0.3, -0.25) is 14.4 Å². The van der Waals surface area contributed by atoms with E-state index in [-0.39, 0.29) is 44.4 Å². The van der Waals surface area contributed by atoms with Gasteiger partial charge in [-0.2, -0.15) is 0 Å². The molecule has 0 rings (SSSR count). The van der Waals surface area contributed by atoms with Crippen LogP contribution in [0.15, 0.2) is 194 Å². The number of rotatable bonds is 40. The van der Waals surface area contributed by atoms with Gasteiger partial charge in [-0.25, -0.2) is 0 Å². The van der Waals surface area contributed by atoms with Gasteiger partial charge in [-0.1, -0.05) is 228 Å². The minimum atomic E-state index is -0.866. The molecule has 0 aliphatic rings. The fourth-order valence-electron chi connectivity index (χ4n) is 5.54. The van der Waals surface area contributed by atoms with Crippen LogP contribution in [0.1, 0.15) is 143 Å². The van der Waals surface area contributed by atoms with E-state index in [1.807, 2.05) is 122 Å². The van der Waals surface area contributed by atoms with Crippen molar-refractivity contribution in [2.24, 2.45) is 0 Å². The Labute approximate surface area is 401 Å². The Morgan fingerprint density at radius 1 is 0.318 bits per heavy atom. The van der Waals surface area contributed by atoms with Crippen LogP contribution in [0, 0.1) is 0 Å². The molecule has 0 spiro atoms. The summed E-state index contributed by atoms with van der Waals surface area (Å²) in [6, 6.07) is 0. The first-order valence-electron chi connectivity index (χ1n) is 24.6. The Bertz CT molecular complexity index is 1690. The lowest BCUT2D eigenvalue weighted by Gasteiger charge is -2.18. The zero-order chi connectivity index (χ0) is 47.9. The van der Waals surface area contributed by atoms with Crippen LogP contribution in [0.3, 0.4) is 0 Å². The summed E-state index contributed by atoms with van der Waals surface area (Å²) in [5.74, 6) is -1.15. The van der Waals surface area contributed by atoms with Gasteiger partial charge in [0.15, 0.2) is 6.10 Å². The van der Waals surface area contributed by atoms with Crippen molar-refractivity contribution in [3.8, 4) is 0 Å². The topological polar surface area (TPSA) is 78.9 Å². The highest BCUT2D eigenvalue weighted by Crippen LogP contribution is 2.09. The number of carbonyl (C=O) groups is 3. The third kappa shape index (κ3) is 49.3. The summed E-state index contributed by atoms with van der Waals surface area (Å²) in [6.45, 7) is 6.04. The first-order chi connectivity index (χ1) is 32.5. The molecule has 0 amide bonds. The Hall–Kier alpha value is -5.75. The maximum atomic E-state index is 12.8. The molecule has 0 saturated heterocycles. The molecular weight excluding hydrogens is 817 g/mol. The summed E-state index contributed by atoms with van der Waals surface area (Å²) >= 11 is 0. The van der Waals surface area contributed by atoms with Crippen LogP contribution < -0.4 is 0 Å². The summed E-state index contributed by atoms with van der Waals surface area (Å²) in [5.41, 5.74) is 0. The van der Waals surface area contributed by atoms with Gasteiger partial charge in [0.05, 0.1) is 0 Å². The molecule has 0 aliphatic heterocycles. The second-order valence-electron chi connectivity index (χ2n) is 15.1. The molecule has 66 heavy (non-hydrogen) atoms. The second-order valence-corrected chi connectivity index (χ2v) is 15.1. The van der Waals surface area contributed by atoms with Crippen molar-refractivity contribution < 1.29 is 28.6 Å². The van der Waals surface area contributed by atoms with E-state index in [0.717, 1.165) is 83.5 Å². The van der Waals surface area contributed by atoms with E-state index in [4.69, 9.17) is 14.2 Å². The van der Waals surface area contributed by atoms with Crippen molar-refractivity contribution in [3.63, 3.8) is 0 Å². The fraction of sp³-hybridized carbons (Fsp3) is 0.417. The van der Waals surface area contributed by atoms with E-state index in [0.29, 0.717) is 19.3 Å². The fourth-order valence-corrected chi connectivity index (χ4v) is 5.54. The summed E-state index contributed by atoms with van der Waals surface area (Å²) in [5, 5.41) is 0. The quantitative estimate of drug-likeness (QED) is 0.0200. The van der Waals surface area contributed by atoms with E-state index in [1.54, 1.807) is 0 Å². The molecule has 0 aromatic carbocycles. The predicted molar refractivity (Wildman–Crippen MR) is 283 cm³/mol. The van der Waals surface area contributed by atoms with E-state index in [9.17, 15) is 14.4 Å². The number of carbonyl (C=O) groups excluding carboxylic acids is 3. The van der Waals surface area contributed by atoms with E-state index < -0.39 is 12.1 Å². The monoisotopic (exact) mass is 901 g/mol. The molecular formula is C60H84O6. The minimum absolute atomic E-state index is 0.157. The summed E-state index contributed by atoms with van der Waals surface area (Å²) in [7, 11) is 0. The SMILES string of the molecule is CC\C=C/C=C\C=C/C=C\C=C/CCCCCC(=O)OCC(COC(=O)CCCCC\C=C/C=C/C=C\C=C/C=C\C=C/CC)OC(=O)CC/C=C\C/C=C\C/C=C\C/C=C\C/C=C\CC. The van der Waals surface area contributed by atoms with Crippen LogP contribution in [0.25, 0.3) is 0 Å². The average Bonchev–Trinajstić information content (AvgIpc) is 3.31. The number of hydrogen-bond donors (Lipinski definition) is 0. The van der Waals surface area contributed by atoms with E-state index in [2.05, 4.69) is 93.7 Å². The number of allylic oxidation sites excluding steroid dienone is 32. The van der Waals surface area contributed by atoms with Crippen molar-refractivity contribution in [3.05, 3.63) is 194 Å². The van der Waals surface area contributed by atoms with Crippen molar-refractivity contribution in [2.75, 3.05) is 13.2 Å². The molecule has 0 aliphatic carbocycles. The molecule has 1 unspecified atom stereocenters. The lowest BCUT2D eigenvalue weighted by molar-refractivity contribution is -0.166. The first kappa shape index (κ1) is 60.2. The van der Waals surface area contributed by atoms with Crippen LogP contribution in [0.5, 0.6) is 0 Å². The molecule has 0 N–H and O–H groups in total. The zero-order valence-corrected chi connectivity index (χ0v) is 40.9. The lowest BCUT2D eigenvalue weighted by Crippen LogP contribution is -2.30. The number of unbranched alkanes of at least 4 members (excludes halogenated alkanes) is 6. The molecule has 0 fully saturated rings. The highest BCUT2D eigenvalue weighted by atomic mass is 16.6. The molecule has 0 radical (unpaired) electrons. The van der Waals surface area contributed by atoms with Gasteiger partial charge in [-0.05, 0) is 89.9 Å². The maximum Gasteiger partial charge on any atom is 0.306 e. The van der Waals surface area contributed by atoms with Crippen LogP contribution in [0.2, 0.25) is 0 Å². The molecule has 0 heterocycles. The highest BCUT2D eigenvalue weighted by Gasteiger charge is 2.19. The van der Waals surface area contributed by atoms with Gasteiger partial charge in [0.1, 0.15) is 13.2 Å². The van der Waals surface area contributed by atoms with Gasteiger partial charge < -0.3 is 14.2 Å². The van der Waals surface area contributed by atoms with Crippen molar-refractivity contribution >= 4 is 17.9 Å². The van der Waals surface area contributed by atoms with E-state index in [1.165, 1.54) is 0 Å². The normalized spacial score (nSPS) is 13.8. The third-order valence-corrected chi connectivity index (χ3v) is 9.13. The predicted octanol–water partition coefficient (Wildman–Crippen LogP) is 16.4. The van der Waals surface area contributed by atoms with Gasteiger partial charge in [0.2, 0.25) is 0 Å². The van der Waals surface area contributed by atoms with Gasteiger partial charge in [0.25, 0.3) is 0 Å². The number of ether oxygens (including phenoxy) is 3. The van der Waals surface area contributed by atoms with Gasteiger partial charge >= 0.3 is 17.9 Å². The van der Waals surface area contributed by atoms with Crippen LogP contribution in [-0.2, 0) is 28.6 Å². The smallest absolute Gasteiger partial charge is 0.306 e. The number of esters is 3. The second kappa shape index (κ2) is 51.9. The Balaban J connectivity index is 4.73. The Morgan fingerprint density at radius 3 is 1.03 bits per heavy atom. The number of hydrogen-bond acceptors (Lipinski definition) is 6. The molecule has 0 aromatic heterocycles. The average molecular weight is 901 g/mol. The summed E-state index contributed by atoms with van der Waals surface area (Å²) < 4.78 is 16.6. The molecule has 6 nitrogen and oxygen atoms in total. The van der Waals surface area contributed by atoms with Gasteiger partial charge in [-0.15, -0.1) is 0 Å². The molecule has 0 aromatic rings. The minimum Gasteiger partial charge on any atom is -0.462 e. The van der Waals surface area contributed by atoms with Gasteiger partial charge in [0, 0.05) is 19.3 Å². The molecule has 0 bridgehead atoms. The molecule has 360 valence electrons. The Kier molecular flexibility index (Phi) is 47.4. The molecule has 6 heteroatoms. The summed E-state index contributed by atoms with van der Waals surface area (Å²) in [6.07, 6.45) is 79.9. The molecule has 1 atom stereocenters. The van der Waals surface area contributed by atoms with Crippen LogP contribution >= 0.6 is 0 Å². The van der Waals surface area contributed by atoms with Crippen LogP contribution in [0.4, 0.5) is 0 Å². The standard InChI is InChI=1S/C60H84O6/c1-4-7-10-13-16-19-22-25-28-30-33-35-38-41-44-47-50-53-59(62)65-56-57(55-64-58(61)52-49-46-43-40-37-34-31-27-24-21-18-15-12-9-6-3)66-60(63)54-51-48-45-42-39-36-32-29-26-23-20-17-14-11-8-5-2/h7-13,15-22,24-31,33-39,45,48,57H,4-6,14,23,32,40-44,46-47,49-56H2,1-3H3/b10-7-,11-8-,12-9-,16-13-,18-15-,20-17-,22-19-,24-21-,28-25-,29-26-,31-27-,33-30+,37-34-,38-35-,39-36-,48-45-. The lowest BCUT2D eigenvalue weighted by atomic mass is 10.1. The first-order valence-corrected chi connectivity index (χ1v) is 24.6. The van der Waals surface area contributed by atoms with Crippen molar-refractivity contribution in [2.45, 2.75) is 149 Å². The molecule has 0 saturated carbocycles. The van der Waals surface area contributed by atoms with Crippen LogP contribution in [-0.4, -0.2) is 37.2 Å². The van der Waals surface area contributed by atoms with E-state index >= 15 is 0 Å². The Morgan fingerprint density at radius 2 is 0.652 bits per heavy atom. The highest BCUT2D eigenvalue weighted by molar-refractivity contribution is 5.71. The third-order valence-electron chi connectivity index (χ3n) is 9.13. The van der Waals surface area contributed by atoms with Crippen molar-refractivity contribution in [1.82, 2.24) is 0 Å². The zero-order valence-electron chi connectivity index (χ0n) is 40.9. The van der Waals surface area contributed by atoms with Crippen molar-refractivity contribution in [1.29, 1.82) is 0 Å².